The lowest BCUT2D eigenvalue weighted by Gasteiger charge is -2.33. The van der Waals surface area contributed by atoms with Gasteiger partial charge in [-0.15, -0.1) is 0 Å². The summed E-state index contributed by atoms with van der Waals surface area (Å²) in [5.74, 6) is -1.19. The van der Waals surface area contributed by atoms with Gasteiger partial charge in [0.25, 0.3) is 5.91 Å². The van der Waals surface area contributed by atoms with E-state index < -0.39 is 12.0 Å². The summed E-state index contributed by atoms with van der Waals surface area (Å²) in [6.45, 7) is 0.763. The number of carboxylic acid groups (broad SMARTS) is 1. The van der Waals surface area contributed by atoms with Gasteiger partial charge in [-0.2, -0.15) is 0 Å². The molecule has 5 nitrogen and oxygen atoms in total. The monoisotopic (exact) mass is 263 g/mol. The summed E-state index contributed by atoms with van der Waals surface area (Å²) in [4.78, 5) is 25.1. The van der Waals surface area contributed by atoms with Crippen LogP contribution in [0.1, 0.15) is 22.3 Å². The standard InChI is InChI=1S/C14H17NO4/c1-19-9-7-12(14(17)18)15-8-6-10-4-2-3-5-11(10)13(15)16/h2-5,12H,6-9H2,1H3,(H,17,18). The Morgan fingerprint density at radius 2 is 2.21 bits per heavy atom. The fourth-order valence-corrected chi connectivity index (χ4v) is 2.38. The molecule has 2 rings (SSSR count). The molecule has 0 fully saturated rings. The molecule has 0 saturated carbocycles. The smallest absolute Gasteiger partial charge is 0.326 e. The molecule has 0 spiro atoms. The minimum atomic E-state index is -0.982. The number of aliphatic carboxylic acids is 1. The molecule has 1 atom stereocenters. The molecule has 0 saturated heterocycles. The molecule has 0 aliphatic carbocycles. The van der Waals surface area contributed by atoms with Gasteiger partial charge < -0.3 is 14.7 Å². The molecule has 1 aromatic rings. The fourth-order valence-electron chi connectivity index (χ4n) is 2.38. The zero-order valence-corrected chi connectivity index (χ0v) is 10.8. The second-order valence-corrected chi connectivity index (χ2v) is 4.54. The SMILES string of the molecule is COCCC(C(=O)O)N1CCc2ccccc2C1=O. The van der Waals surface area contributed by atoms with E-state index >= 15 is 0 Å². The van der Waals surface area contributed by atoms with Crippen molar-refractivity contribution in [3.05, 3.63) is 35.4 Å². The highest BCUT2D eigenvalue weighted by atomic mass is 16.5. The van der Waals surface area contributed by atoms with Crippen molar-refractivity contribution in [3.8, 4) is 0 Å². The number of carbonyl (C=O) groups is 2. The van der Waals surface area contributed by atoms with Gasteiger partial charge in [-0.25, -0.2) is 4.79 Å². The van der Waals surface area contributed by atoms with Gasteiger partial charge in [-0.1, -0.05) is 18.2 Å². The van der Waals surface area contributed by atoms with Crippen LogP contribution in [0.2, 0.25) is 0 Å². The highest BCUT2D eigenvalue weighted by molar-refractivity contribution is 5.98. The number of benzene rings is 1. The minimum absolute atomic E-state index is 0.203. The molecule has 1 aliphatic heterocycles. The number of carboxylic acids is 1. The summed E-state index contributed by atoms with van der Waals surface area (Å²) < 4.78 is 4.92. The molecule has 0 bridgehead atoms. The third-order valence-corrected chi connectivity index (χ3v) is 3.39. The van der Waals surface area contributed by atoms with Crippen LogP contribution < -0.4 is 0 Å². The van der Waals surface area contributed by atoms with Crippen LogP contribution in [-0.2, 0) is 16.0 Å². The van der Waals surface area contributed by atoms with Crippen LogP contribution in [0.25, 0.3) is 0 Å². The van der Waals surface area contributed by atoms with Gasteiger partial charge >= 0.3 is 5.97 Å². The lowest BCUT2D eigenvalue weighted by molar-refractivity contribution is -0.143. The van der Waals surface area contributed by atoms with Gasteiger partial charge in [0, 0.05) is 32.2 Å². The Labute approximate surface area is 111 Å². The first-order valence-corrected chi connectivity index (χ1v) is 6.25. The van der Waals surface area contributed by atoms with Crippen molar-refractivity contribution >= 4 is 11.9 Å². The topological polar surface area (TPSA) is 66.8 Å². The van der Waals surface area contributed by atoms with E-state index in [-0.39, 0.29) is 5.91 Å². The number of nitrogens with zero attached hydrogens (tertiary/aromatic N) is 1. The van der Waals surface area contributed by atoms with Crippen molar-refractivity contribution in [1.29, 1.82) is 0 Å². The van der Waals surface area contributed by atoms with Crippen LogP contribution in [0.4, 0.5) is 0 Å². The largest absolute Gasteiger partial charge is 0.480 e. The lowest BCUT2D eigenvalue weighted by atomic mass is 9.97. The van der Waals surface area contributed by atoms with E-state index in [1.165, 1.54) is 12.0 Å². The first kappa shape index (κ1) is 13.5. The first-order valence-electron chi connectivity index (χ1n) is 6.25. The number of methoxy groups -OCH3 is 1. The van der Waals surface area contributed by atoms with Gasteiger partial charge in [-0.05, 0) is 18.1 Å². The maximum Gasteiger partial charge on any atom is 0.326 e. The summed E-state index contributed by atoms with van der Waals surface area (Å²) in [5.41, 5.74) is 1.59. The Morgan fingerprint density at radius 3 is 2.89 bits per heavy atom. The fraction of sp³-hybridized carbons (Fsp3) is 0.429. The number of amides is 1. The van der Waals surface area contributed by atoms with Crippen molar-refractivity contribution < 1.29 is 19.4 Å². The quantitative estimate of drug-likeness (QED) is 0.866. The molecular weight excluding hydrogens is 246 g/mol. The van der Waals surface area contributed by atoms with Crippen LogP contribution >= 0.6 is 0 Å². The molecule has 1 heterocycles. The van der Waals surface area contributed by atoms with Crippen molar-refractivity contribution in [2.75, 3.05) is 20.3 Å². The molecule has 0 aromatic heterocycles. The zero-order valence-electron chi connectivity index (χ0n) is 10.8. The van der Waals surface area contributed by atoms with Gasteiger partial charge in [0.05, 0.1) is 0 Å². The first-order chi connectivity index (χ1) is 9.15. The Balaban J connectivity index is 2.22. The molecule has 1 unspecified atom stereocenters. The summed E-state index contributed by atoms with van der Waals surface area (Å²) in [6, 6.07) is 6.53. The molecule has 1 aromatic carbocycles. The third kappa shape index (κ3) is 2.76. The molecule has 1 aliphatic rings. The van der Waals surface area contributed by atoms with Crippen molar-refractivity contribution in [1.82, 2.24) is 4.90 Å². The van der Waals surface area contributed by atoms with E-state index in [1.807, 2.05) is 12.1 Å². The average molecular weight is 263 g/mol. The zero-order chi connectivity index (χ0) is 13.8. The second-order valence-electron chi connectivity index (χ2n) is 4.54. The van der Waals surface area contributed by atoms with E-state index in [9.17, 15) is 14.7 Å². The molecule has 19 heavy (non-hydrogen) atoms. The molecule has 1 N–H and O–H groups in total. The molecular formula is C14H17NO4. The predicted octanol–water partition coefficient (Wildman–Crippen LogP) is 1.17. The number of hydrogen-bond donors (Lipinski definition) is 1. The summed E-state index contributed by atoms with van der Waals surface area (Å²) in [7, 11) is 1.52. The second kappa shape index (κ2) is 5.84. The normalized spacial score (nSPS) is 16.1. The third-order valence-electron chi connectivity index (χ3n) is 3.39. The van der Waals surface area contributed by atoms with E-state index in [4.69, 9.17) is 4.74 Å². The maximum absolute atomic E-state index is 12.3. The highest BCUT2D eigenvalue weighted by Gasteiger charge is 2.33. The van der Waals surface area contributed by atoms with Crippen LogP contribution in [-0.4, -0.2) is 48.2 Å². The molecule has 102 valence electrons. The minimum Gasteiger partial charge on any atom is -0.480 e. The van der Waals surface area contributed by atoms with Crippen LogP contribution in [0, 0.1) is 0 Å². The van der Waals surface area contributed by atoms with Gasteiger partial charge in [-0.3, -0.25) is 4.79 Å². The molecule has 5 heteroatoms. The number of rotatable bonds is 5. The summed E-state index contributed by atoms with van der Waals surface area (Å²) in [5, 5.41) is 9.27. The van der Waals surface area contributed by atoms with E-state index in [2.05, 4.69) is 0 Å². The lowest BCUT2D eigenvalue weighted by Crippen LogP contribution is -2.49. The Kier molecular flexibility index (Phi) is 4.16. The van der Waals surface area contributed by atoms with E-state index in [0.29, 0.717) is 31.6 Å². The van der Waals surface area contributed by atoms with Gasteiger partial charge in [0.15, 0.2) is 0 Å². The van der Waals surface area contributed by atoms with Gasteiger partial charge in [0.2, 0.25) is 0 Å². The summed E-state index contributed by atoms with van der Waals surface area (Å²) in [6.07, 6.45) is 0.998. The number of hydrogen-bond acceptors (Lipinski definition) is 3. The van der Waals surface area contributed by atoms with Gasteiger partial charge in [0.1, 0.15) is 6.04 Å². The van der Waals surface area contributed by atoms with Crippen LogP contribution in [0.5, 0.6) is 0 Å². The number of carbonyl (C=O) groups excluding carboxylic acids is 1. The Hall–Kier alpha value is -1.88. The summed E-state index contributed by atoms with van der Waals surface area (Å²) >= 11 is 0. The molecule has 1 amide bonds. The van der Waals surface area contributed by atoms with Crippen molar-refractivity contribution in [3.63, 3.8) is 0 Å². The average Bonchev–Trinajstić information content (AvgIpc) is 2.41. The Morgan fingerprint density at radius 1 is 1.47 bits per heavy atom. The number of ether oxygens (including phenoxy) is 1. The highest BCUT2D eigenvalue weighted by Crippen LogP contribution is 2.21. The van der Waals surface area contributed by atoms with Crippen molar-refractivity contribution in [2.24, 2.45) is 0 Å². The van der Waals surface area contributed by atoms with E-state index in [0.717, 1.165) is 5.56 Å². The van der Waals surface area contributed by atoms with Crippen molar-refractivity contribution in [2.45, 2.75) is 18.9 Å². The Bertz CT molecular complexity index is 486. The maximum atomic E-state index is 12.3. The van der Waals surface area contributed by atoms with E-state index in [1.54, 1.807) is 12.1 Å². The van der Waals surface area contributed by atoms with Crippen LogP contribution in [0.3, 0.4) is 0 Å². The predicted molar refractivity (Wildman–Crippen MR) is 69.1 cm³/mol. The molecule has 0 radical (unpaired) electrons. The van der Waals surface area contributed by atoms with Crippen LogP contribution in [0.15, 0.2) is 24.3 Å². The number of fused-ring (bicyclic) bond motifs is 1.